The zero-order chi connectivity index (χ0) is 26.1. The van der Waals surface area contributed by atoms with Gasteiger partial charge in [-0.15, -0.1) is 0 Å². The number of anilines is 1. The second-order valence-electron chi connectivity index (χ2n) is 12.8. The Morgan fingerprint density at radius 1 is 1.11 bits per heavy atom. The van der Waals surface area contributed by atoms with Crippen molar-refractivity contribution in [1.82, 2.24) is 9.62 Å². The van der Waals surface area contributed by atoms with Crippen LogP contribution in [0.5, 0.6) is 0 Å². The van der Waals surface area contributed by atoms with Gasteiger partial charge in [-0.3, -0.25) is 0 Å². The molecule has 2 heterocycles. The number of hydrogen-bond acceptors (Lipinski definition) is 5. The lowest BCUT2D eigenvalue weighted by atomic mass is 9.84. The first-order valence-electron chi connectivity index (χ1n) is 13.5. The molecule has 2 atom stereocenters. The summed E-state index contributed by atoms with van der Waals surface area (Å²) < 4.78 is 27.2. The Labute approximate surface area is 219 Å². The minimum absolute atomic E-state index is 0.149. The Morgan fingerprint density at radius 3 is 2.28 bits per heavy atom. The number of benzene rings is 1. The summed E-state index contributed by atoms with van der Waals surface area (Å²) in [6, 6.07) is 8.73. The highest BCUT2D eigenvalue weighted by molar-refractivity contribution is 7.84. The van der Waals surface area contributed by atoms with E-state index in [0.29, 0.717) is 19.1 Å². The van der Waals surface area contributed by atoms with Crippen molar-refractivity contribution in [3.8, 4) is 0 Å². The van der Waals surface area contributed by atoms with Crippen molar-refractivity contribution in [1.29, 1.82) is 0 Å². The lowest BCUT2D eigenvalue weighted by Crippen LogP contribution is -2.59. The lowest BCUT2D eigenvalue weighted by Gasteiger charge is -2.44. The van der Waals surface area contributed by atoms with Crippen molar-refractivity contribution in [2.75, 3.05) is 37.7 Å². The van der Waals surface area contributed by atoms with Gasteiger partial charge in [0, 0.05) is 25.3 Å². The molecular weight excluding hydrogens is 474 g/mol. The maximum Gasteiger partial charge on any atom is 0.410 e. The summed E-state index contributed by atoms with van der Waals surface area (Å²) in [5, 5.41) is 0. The molecule has 2 aliphatic heterocycles. The second kappa shape index (κ2) is 10.6. The molecule has 1 unspecified atom stereocenters. The van der Waals surface area contributed by atoms with Gasteiger partial charge in [-0.1, -0.05) is 18.6 Å². The molecule has 4 rings (SSSR count). The topological polar surface area (TPSA) is 71.1 Å². The van der Waals surface area contributed by atoms with Crippen molar-refractivity contribution >= 4 is 22.8 Å². The molecular formula is C28H45N3O4S. The van der Waals surface area contributed by atoms with Crippen LogP contribution in [0.15, 0.2) is 24.3 Å². The molecule has 3 aliphatic rings. The van der Waals surface area contributed by atoms with Crippen LogP contribution in [0.4, 0.5) is 10.5 Å². The number of nitrogens with zero attached hydrogens (tertiary/aromatic N) is 2. The molecule has 0 aromatic heterocycles. The van der Waals surface area contributed by atoms with Gasteiger partial charge in [0.2, 0.25) is 0 Å². The van der Waals surface area contributed by atoms with E-state index in [1.807, 2.05) is 46.4 Å². The van der Waals surface area contributed by atoms with Crippen molar-refractivity contribution in [2.24, 2.45) is 5.92 Å². The molecule has 3 fully saturated rings. The third kappa shape index (κ3) is 6.43. The molecule has 0 radical (unpaired) electrons. The van der Waals surface area contributed by atoms with Gasteiger partial charge >= 0.3 is 6.09 Å². The van der Waals surface area contributed by atoms with Crippen LogP contribution in [-0.2, 0) is 26.0 Å². The van der Waals surface area contributed by atoms with E-state index in [1.165, 1.54) is 19.3 Å². The summed E-state index contributed by atoms with van der Waals surface area (Å²) in [5.41, 5.74) is 1.36. The first kappa shape index (κ1) is 27.4. The van der Waals surface area contributed by atoms with Crippen LogP contribution < -0.4 is 9.62 Å². The zero-order valence-corrected chi connectivity index (χ0v) is 23.8. The summed E-state index contributed by atoms with van der Waals surface area (Å²) >= 11 is 0. The van der Waals surface area contributed by atoms with Crippen molar-refractivity contribution in [2.45, 2.75) is 95.6 Å². The molecule has 1 N–H and O–H groups in total. The molecule has 202 valence electrons. The largest absolute Gasteiger partial charge is 0.444 e. The van der Waals surface area contributed by atoms with Crippen molar-refractivity contribution in [3.05, 3.63) is 29.8 Å². The fourth-order valence-electron chi connectivity index (χ4n) is 5.00. The average Bonchev–Trinajstić information content (AvgIpc) is 2.73. The summed E-state index contributed by atoms with van der Waals surface area (Å²) in [6.45, 7) is 15.4. The van der Waals surface area contributed by atoms with Gasteiger partial charge in [-0.05, 0) is 90.8 Å². The number of carbonyl (C=O) groups excluding carboxylic acids is 1. The van der Waals surface area contributed by atoms with E-state index in [9.17, 15) is 9.00 Å². The van der Waals surface area contributed by atoms with Gasteiger partial charge in [0.1, 0.15) is 11.1 Å². The Morgan fingerprint density at radius 2 is 1.78 bits per heavy atom. The third-order valence-electron chi connectivity index (χ3n) is 7.47. The van der Waals surface area contributed by atoms with Gasteiger partial charge in [-0.2, -0.15) is 0 Å². The van der Waals surface area contributed by atoms with Crippen LogP contribution in [0.25, 0.3) is 0 Å². The SMILES string of the molecule is CC(C)(C)OC(=O)N(CC1CCC1)[C@@H]1CCCN(c2ccc(C3(NS(=O)C(C)(C)C)COC3)cc2)C1. The van der Waals surface area contributed by atoms with E-state index in [0.717, 1.165) is 43.7 Å². The van der Waals surface area contributed by atoms with E-state index in [1.54, 1.807) is 0 Å². The second-order valence-corrected chi connectivity index (χ2v) is 14.7. The van der Waals surface area contributed by atoms with Crippen LogP contribution in [0.3, 0.4) is 0 Å². The van der Waals surface area contributed by atoms with Gasteiger partial charge < -0.3 is 19.3 Å². The Kier molecular flexibility index (Phi) is 8.08. The van der Waals surface area contributed by atoms with Gasteiger partial charge in [0.25, 0.3) is 0 Å². The normalized spacial score (nSPS) is 23.4. The molecule has 1 saturated carbocycles. The number of nitrogens with one attached hydrogen (secondary N) is 1. The molecule has 1 amide bonds. The quantitative estimate of drug-likeness (QED) is 0.551. The number of piperidine rings is 1. The summed E-state index contributed by atoms with van der Waals surface area (Å²) in [6.07, 6.45) is 5.54. The number of rotatable bonds is 7. The van der Waals surface area contributed by atoms with E-state index in [2.05, 4.69) is 33.9 Å². The Balaban J connectivity index is 1.46. The van der Waals surface area contributed by atoms with Gasteiger partial charge in [-0.25, -0.2) is 13.7 Å². The molecule has 36 heavy (non-hydrogen) atoms. The smallest absolute Gasteiger partial charge is 0.410 e. The molecule has 8 heteroatoms. The third-order valence-corrected chi connectivity index (χ3v) is 9.16. The van der Waals surface area contributed by atoms with Gasteiger partial charge in [0.05, 0.1) is 35.0 Å². The van der Waals surface area contributed by atoms with Crippen LogP contribution in [-0.4, -0.2) is 64.4 Å². The van der Waals surface area contributed by atoms with Crippen LogP contribution in [0.1, 0.15) is 79.2 Å². The number of carbonyl (C=O) groups is 1. The first-order chi connectivity index (χ1) is 16.9. The lowest BCUT2D eigenvalue weighted by molar-refractivity contribution is -0.0659. The molecule has 7 nitrogen and oxygen atoms in total. The van der Waals surface area contributed by atoms with Crippen LogP contribution in [0.2, 0.25) is 0 Å². The Bertz CT molecular complexity index is 930. The molecule has 2 saturated heterocycles. The van der Waals surface area contributed by atoms with E-state index < -0.39 is 22.1 Å². The number of amides is 1. The first-order valence-corrected chi connectivity index (χ1v) is 14.6. The van der Waals surface area contributed by atoms with E-state index in [-0.39, 0.29) is 16.9 Å². The predicted molar refractivity (Wildman–Crippen MR) is 145 cm³/mol. The average molecular weight is 520 g/mol. The van der Waals surface area contributed by atoms with Crippen molar-refractivity contribution in [3.63, 3.8) is 0 Å². The summed E-state index contributed by atoms with van der Waals surface area (Å²) in [7, 11) is -1.18. The fraction of sp³-hybridized carbons (Fsp3) is 0.750. The summed E-state index contributed by atoms with van der Waals surface area (Å²) in [5.74, 6) is 0.596. The van der Waals surface area contributed by atoms with E-state index >= 15 is 0 Å². The molecule has 1 aromatic carbocycles. The summed E-state index contributed by atoms with van der Waals surface area (Å²) in [4.78, 5) is 17.6. The number of ether oxygens (including phenoxy) is 2. The fourth-order valence-corrected chi connectivity index (χ4v) is 5.90. The van der Waals surface area contributed by atoms with Crippen molar-refractivity contribution < 1.29 is 18.5 Å². The van der Waals surface area contributed by atoms with Crippen LogP contribution in [0, 0.1) is 5.92 Å². The highest BCUT2D eigenvalue weighted by Gasteiger charge is 2.43. The molecule has 0 spiro atoms. The minimum Gasteiger partial charge on any atom is -0.444 e. The monoisotopic (exact) mass is 519 g/mol. The highest BCUT2D eigenvalue weighted by Crippen LogP contribution is 2.34. The number of hydrogen-bond donors (Lipinski definition) is 1. The van der Waals surface area contributed by atoms with E-state index in [4.69, 9.17) is 9.47 Å². The van der Waals surface area contributed by atoms with Gasteiger partial charge in [0.15, 0.2) is 0 Å². The molecule has 1 aromatic rings. The minimum atomic E-state index is -1.18. The maximum absolute atomic E-state index is 13.2. The highest BCUT2D eigenvalue weighted by atomic mass is 32.2. The molecule has 0 bridgehead atoms. The predicted octanol–water partition coefficient (Wildman–Crippen LogP) is 4.97. The maximum atomic E-state index is 13.2. The molecule has 1 aliphatic carbocycles. The Hall–Kier alpha value is -1.64. The standard InChI is InChI=1S/C28H45N3O4S/c1-26(2,3)35-25(32)31(17-21-9-7-10-21)24-11-8-16-30(18-24)23-14-12-22(13-15-23)28(19-34-20-28)29-36(33)27(4,5)6/h12-15,21,24,29H,7-11,16-20H2,1-6H3/t24-,36?/m1/s1. The van der Waals surface area contributed by atoms with Crippen LogP contribution >= 0.6 is 0 Å². The zero-order valence-electron chi connectivity index (χ0n) is 23.0.